The molecule has 0 fully saturated rings. The molecule has 1 heterocycles. The van der Waals surface area contributed by atoms with E-state index < -0.39 is 5.90 Å². The molecule has 2 rings (SSSR count). The molecule has 4 nitrogen and oxygen atoms in total. The van der Waals surface area contributed by atoms with Gasteiger partial charge in [-0.05, 0) is 24.1 Å². The lowest BCUT2D eigenvalue weighted by atomic mass is 10.1. The fourth-order valence-corrected chi connectivity index (χ4v) is 1.91. The Balaban J connectivity index is 0.00000200. The molecular weight excluding hydrogens is 388 g/mol. The summed E-state index contributed by atoms with van der Waals surface area (Å²) in [6, 6.07) is 10.3. The Labute approximate surface area is 135 Å². The van der Waals surface area contributed by atoms with Crippen molar-refractivity contribution in [2.45, 2.75) is 6.54 Å². The van der Waals surface area contributed by atoms with E-state index in [1.807, 2.05) is 12.1 Å². The first kappa shape index (κ1) is 16.5. The summed E-state index contributed by atoms with van der Waals surface area (Å²) < 4.78 is 2.52. The number of carbonyl (C=O) groups is 1. The van der Waals surface area contributed by atoms with E-state index in [0.29, 0.717) is 5.56 Å². The largest absolute Gasteiger partial charge is 0.859 e. The standard InChI is InChI=1S/C14H11BrN2O2.BrH/c15-12-5-3-10(4-6-12)13(18)9-17-7-1-2-11(8-17)14(16)19;/h1-8H,9H2,(H-,16,19);1H. The summed E-state index contributed by atoms with van der Waals surface area (Å²) in [4.78, 5) is 12.0. The van der Waals surface area contributed by atoms with Crippen LogP contribution >= 0.6 is 32.9 Å². The van der Waals surface area contributed by atoms with Gasteiger partial charge in [-0.3, -0.25) is 4.79 Å². The second kappa shape index (κ2) is 7.31. The van der Waals surface area contributed by atoms with Gasteiger partial charge in [-0.1, -0.05) is 28.1 Å². The molecule has 0 aliphatic heterocycles. The zero-order valence-electron chi connectivity index (χ0n) is 10.4. The summed E-state index contributed by atoms with van der Waals surface area (Å²) in [7, 11) is 0. The molecule has 1 N–H and O–H groups in total. The van der Waals surface area contributed by atoms with E-state index in [2.05, 4.69) is 15.9 Å². The van der Waals surface area contributed by atoms with Crippen molar-refractivity contribution in [2.75, 3.05) is 0 Å². The third kappa shape index (κ3) is 4.25. The van der Waals surface area contributed by atoms with Crippen LogP contribution in [0, 0.1) is 5.41 Å². The van der Waals surface area contributed by atoms with Gasteiger partial charge in [-0.2, -0.15) is 4.57 Å². The SMILES string of the molecule is Br.N=C([O-])c1ccc[n+](CC(=O)c2ccc(Br)cc2)c1. The summed E-state index contributed by atoms with van der Waals surface area (Å²) >= 11 is 3.31. The Hall–Kier alpha value is -1.53. The van der Waals surface area contributed by atoms with Crippen molar-refractivity contribution in [2.24, 2.45) is 0 Å². The molecule has 1 aromatic heterocycles. The van der Waals surface area contributed by atoms with Gasteiger partial charge in [0.2, 0.25) is 12.3 Å². The summed E-state index contributed by atoms with van der Waals surface area (Å²) in [5.41, 5.74) is 0.879. The normalized spacial score (nSPS) is 9.65. The molecule has 0 unspecified atom stereocenters. The van der Waals surface area contributed by atoms with Crippen LogP contribution in [0.15, 0.2) is 53.3 Å². The van der Waals surface area contributed by atoms with E-state index in [0.717, 1.165) is 4.47 Å². The maximum Gasteiger partial charge on any atom is 0.227 e. The number of hydrogen-bond acceptors (Lipinski definition) is 3. The second-order valence-corrected chi connectivity index (χ2v) is 4.94. The minimum atomic E-state index is -0.759. The molecule has 2 aromatic rings. The molecule has 104 valence electrons. The third-order valence-electron chi connectivity index (χ3n) is 2.61. The number of aromatic nitrogens is 1. The summed E-state index contributed by atoms with van der Waals surface area (Å²) in [6.07, 6.45) is 3.20. The van der Waals surface area contributed by atoms with Gasteiger partial charge in [0.05, 0.1) is 0 Å². The molecule has 0 saturated heterocycles. The van der Waals surface area contributed by atoms with Gasteiger partial charge in [0.1, 0.15) is 0 Å². The molecule has 0 amide bonds. The number of ketones is 1. The maximum absolute atomic E-state index is 12.0. The van der Waals surface area contributed by atoms with Crippen LogP contribution in [0.4, 0.5) is 0 Å². The van der Waals surface area contributed by atoms with Crippen LogP contribution in [0.2, 0.25) is 0 Å². The highest BCUT2D eigenvalue weighted by atomic mass is 79.9. The minimum absolute atomic E-state index is 0. The van der Waals surface area contributed by atoms with Crippen molar-refractivity contribution in [3.05, 3.63) is 64.4 Å². The van der Waals surface area contributed by atoms with Crippen molar-refractivity contribution in [3.8, 4) is 0 Å². The third-order valence-corrected chi connectivity index (χ3v) is 3.14. The number of Topliss-reactive ketones (excluding diaryl/α,β-unsaturated/α-hetero) is 1. The maximum atomic E-state index is 12.0. The Morgan fingerprint density at radius 1 is 1.20 bits per heavy atom. The first-order valence-corrected chi connectivity index (χ1v) is 6.39. The topological polar surface area (TPSA) is 67.9 Å². The highest BCUT2D eigenvalue weighted by Crippen LogP contribution is 2.10. The Kier molecular flexibility index (Phi) is 6.04. The molecule has 0 aliphatic carbocycles. The second-order valence-electron chi connectivity index (χ2n) is 4.02. The van der Waals surface area contributed by atoms with Crippen LogP contribution < -0.4 is 9.67 Å². The molecule has 0 spiro atoms. The minimum Gasteiger partial charge on any atom is -0.859 e. The van der Waals surface area contributed by atoms with Crippen LogP contribution in [0.5, 0.6) is 0 Å². The average Bonchev–Trinajstić information content (AvgIpc) is 2.39. The highest BCUT2D eigenvalue weighted by Gasteiger charge is 2.12. The van der Waals surface area contributed by atoms with Gasteiger partial charge in [0.15, 0.2) is 12.4 Å². The Bertz CT molecular complexity index is 627. The first-order valence-electron chi connectivity index (χ1n) is 5.60. The van der Waals surface area contributed by atoms with Crippen molar-refractivity contribution in [1.82, 2.24) is 0 Å². The predicted octanol–water partition coefficient (Wildman–Crippen LogP) is 1.88. The van der Waals surface area contributed by atoms with Crippen molar-refractivity contribution >= 4 is 44.6 Å². The van der Waals surface area contributed by atoms with Crippen molar-refractivity contribution in [1.29, 1.82) is 5.41 Å². The molecule has 1 aromatic carbocycles. The highest BCUT2D eigenvalue weighted by molar-refractivity contribution is 9.10. The van der Waals surface area contributed by atoms with Crippen molar-refractivity contribution in [3.63, 3.8) is 0 Å². The van der Waals surface area contributed by atoms with E-state index in [-0.39, 0.29) is 34.9 Å². The quantitative estimate of drug-likeness (QED) is 0.369. The lowest BCUT2D eigenvalue weighted by Crippen LogP contribution is -2.38. The van der Waals surface area contributed by atoms with Crippen LogP contribution in [0.25, 0.3) is 0 Å². The Morgan fingerprint density at radius 3 is 2.45 bits per heavy atom. The molecule has 6 heteroatoms. The van der Waals surface area contributed by atoms with Crippen LogP contribution in [0.1, 0.15) is 15.9 Å². The van der Waals surface area contributed by atoms with Gasteiger partial charge in [-0.25, -0.2) is 0 Å². The molecule has 20 heavy (non-hydrogen) atoms. The summed E-state index contributed by atoms with van der Waals surface area (Å²) in [5, 5.41) is 18.0. The van der Waals surface area contributed by atoms with E-state index in [1.54, 1.807) is 35.0 Å². The summed E-state index contributed by atoms with van der Waals surface area (Å²) in [5.74, 6) is -0.808. The molecular formula is C14H12Br2N2O2. The van der Waals surface area contributed by atoms with E-state index >= 15 is 0 Å². The van der Waals surface area contributed by atoms with E-state index in [4.69, 9.17) is 5.41 Å². The fraction of sp³-hybridized carbons (Fsp3) is 0.0714. The molecule has 0 bridgehead atoms. The van der Waals surface area contributed by atoms with E-state index in [1.165, 1.54) is 6.20 Å². The predicted molar refractivity (Wildman–Crippen MR) is 82.3 cm³/mol. The number of nitrogens with one attached hydrogen (secondary N) is 1. The molecule has 0 radical (unpaired) electrons. The average molecular weight is 400 g/mol. The van der Waals surface area contributed by atoms with Gasteiger partial charge >= 0.3 is 0 Å². The van der Waals surface area contributed by atoms with Gasteiger partial charge < -0.3 is 10.5 Å². The number of nitrogens with zero attached hydrogens (tertiary/aromatic N) is 1. The number of benzene rings is 1. The molecule has 0 saturated carbocycles. The fourth-order valence-electron chi connectivity index (χ4n) is 1.65. The Morgan fingerprint density at radius 2 is 1.85 bits per heavy atom. The van der Waals surface area contributed by atoms with Crippen LogP contribution in [-0.4, -0.2) is 11.7 Å². The van der Waals surface area contributed by atoms with Crippen LogP contribution in [-0.2, 0) is 6.54 Å². The zero-order chi connectivity index (χ0) is 13.8. The first-order chi connectivity index (χ1) is 9.06. The van der Waals surface area contributed by atoms with E-state index in [9.17, 15) is 9.90 Å². The smallest absolute Gasteiger partial charge is 0.227 e. The molecule has 0 aliphatic rings. The van der Waals surface area contributed by atoms with Gasteiger partial charge in [-0.15, -0.1) is 17.0 Å². The number of carbonyl (C=O) groups excluding carboxylic acids is 1. The lowest BCUT2D eigenvalue weighted by molar-refractivity contribution is -0.683. The number of hydrogen-bond donors (Lipinski definition) is 1. The van der Waals surface area contributed by atoms with Crippen molar-refractivity contribution < 1.29 is 14.5 Å². The van der Waals surface area contributed by atoms with Gasteiger partial charge in [0.25, 0.3) is 0 Å². The monoisotopic (exact) mass is 398 g/mol. The molecule has 0 atom stereocenters. The lowest BCUT2D eigenvalue weighted by Gasteiger charge is -2.05. The van der Waals surface area contributed by atoms with Gasteiger partial charge in [0, 0.05) is 21.7 Å². The number of pyridine rings is 1. The number of rotatable bonds is 4. The number of halogens is 2. The zero-order valence-corrected chi connectivity index (χ0v) is 13.7. The summed E-state index contributed by atoms with van der Waals surface area (Å²) in [6.45, 7) is 0.142. The van der Waals surface area contributed by atoms with Crippen LogP contribution in [0.3, 0.4) is 0 Å².